The lowest BCUT2D eigenvalue weighted by atomic mass is 9.84. The van der Waals surface area contributed by atoms with Crippen molar-refractivity contribution < 1.29 is 18.0 Å². The van der Waals surface area contributed by atoms with Crippen molar-refractivity contribution in [3.8, 4) is 0 Å². The molecule has 3 rings (SSSR count). The minimum atomic E-state index is -4.50. The van der Waals surface area contributed by atoms with Crippen molar-refractivity contribution in [1.82, 2.24) is 15.1 Å². The molecule has 2 aliphatic carbocycles. The number of aryl methyl sites for hydroxylation is 1. The number of hydrogen-bond donors (Lipinski definition) is 1. The van der Waals surface area contributed by atoms with Crippen LogP contribution in [0.1, 0.15) is 48.8 Å². The zero-order chi connectivity index (χ0) is 16.1. The number of rotatable bonds is 3. The fraction of sp³-hybridized carbons (Fsp3) is 0.733. The quantitative estimate of drug-likeness (QED) is 0.932. The number of fused-ring (bicyclic) bond motifs is 2. The lowest BCUT2D eigenvalue weighted by Crippen LogP contribution is -2.40. The minimum absolute atomic E-state index is 0.0286. The largest absolute Gasteiger partial charge is 0.433 e. The first kappa shape index (κ1) is 15.4. The average molecular weight is 315 g/mol. The Balaban J connectivity index is 1.67. The van der Waals surface area contributed by atoms with Crippen LogP contribution in [0.4, 0.5) is 13.2 Å². The smallest absolute Gasteiger partial charge is 0.348 e. The van der Waals surface area contributed by atoms with E-state index in [0.717, 1.165) is 18.4 Å². The number of hydrogen-bond acceptors (Lipinski definition) is 2. The third kappa shape index (κ3) is 2.73. The average Bonchev–Trinajstić information content (AvgIpc) is 3.11. The number of amides is 1. The highest BCUT2D eigenvalue weighted by molar-refractivity contribution is 5.92. The zero-order valence-corrected chi connectivity index (χ0v) is 12.7. The van der Waals surface area contributed by atoms with Crippen LogP contribution in [0.3, 0.4) is 0 Å². The van der Waals surface area contributed by atoms with Gasteiger partial charge in [0, 0.05) is 19.2 Å². The van der Waals surface area contributed by atoms with Gasteiger partial charge in [-0.15, -0.1) is 0 Å². The summed E-state index contributed by atoms with van der Waals surface area (Å²) < 4.78 is 38.9. The second-order valence-corrected chi connectivity index (χ2v) is 6.64. The van der Waals surface area contributed by atoms with E-state index in [1.54, 1.807) is 0 Å². The Bertz CT molecular complexity index is 581. The van der Waals surface area contributed by atoms with E-state index in [-0.39, 0.29) is 11.7 Å². The van der Waals surface area contributed by atoms with Gasteiger partial charge in [-0.1, -0.05) is 6.42 Å². The molecule has 0 radical (unpaired) electrons. The fourth-order valence-electron chi connectivity index (χ4n) is 4.14. The van der Waals surface area contributed by atoms with E-state index >= 15 is 0 Å². The van der Waals surface area contributed by atoms with Gasteiger partial charge < -0.3 is 5.32 Å². The molecule has 1 amide bonds. The van der Waals surface area contributed by atoms with Gasteiger partial charge in [0.1, 0.15) is 5.69 Å². The van der Waals surface area contributed by atoms with E-state index in [4.69, 9.17) is 0 Å². The molecule has 0 unspecified atom stereocenters. The molecule has 0 aliphatic heterocycles. The van der Waals surface area contributed by atoms with E-state index in [2.05, 4.69) is 10.4 Å². The van der Waals surface area contributed by atoms with Crippen LogP contribution in [0.5, 0.6) is 0 Å². The van der Waals surface area contributed by atoms with Crippen molar-refractivity contribution in [3.63, 3.8) is 0 Å². The topological polar surface area (TPSA) is 46.9 Å². The second-order valence-electron chi connectivity index (χ2n) is 6.64. The van der Waals surface area contributed by atoms with Gasteiger partial charge in [0.15, 0.2) is 5.69 Å². The van der Waals surface area contributed by atoms with Crippen LogP contribution in [-0.4, -0.2) is 21.7 Å². The molecular weight excluding hydrogens is 295 g/mol. The molecule has 1 heterocycles. The Morgan fingerprint density at radius 3 is 2.64 bits per heavy atom. The molecule has 0 spiro atoms. The van der Waals surface area contributed by atoms with E-state index < -0.39 is 17.8 Å². The van der Waals surface area contributed by atoms with Crippen LogP contribution in [0.2, 0.25) is 0 Å². The summed E-state index contributed by atoms with van der Waals surface area (Å²) in [6, 6.07) is 0.780. The first-order valence-electron chi connectivity index (χ1n) is 7.68. The lowest BCUT2D eigenvalue weighted by molar-refractivity contribution is -0.143. The highest BCUT2D eigenvalue weighted by Crippen LogP contribution is 2.49. The van der Waals surface area contributed by atoms with E-state index in [1.807, 2.05) is 6.92 Å². The molecule has 0 aromatic carbocycles. The Morgan fingerprint density at radius 2 is 2.14 bits per heavy atom. The number of nitrogens with one attached hydrogen (secondary N) is 1. The van der Waals surface area contributed by atoms with Crippen LogP contribution < -0.4 is 5.32 Å². The third-order valence-corrected chi connectivity index (χ3v) is 5.20. The summed E-state index contributed by atoms with van der Waals surface area (Å²) in [6.07, 6.45) is 0.319. The number of halogens is 3. The zero-order valence-electron chi connectivity index (χ0n) is 12.7. The molecular formula is C15H20F3N3O. The molecule has 2 fully saturated rings. The Morgan fingerprint density at radius 1 is 1.41 bits per heavy atom. The SMILES string of the molecule is C[C@@H](NC(=O)c1cc(C(F)(F)F)n(C)n1)[C@H]1C[C@@H]2CC[C@@H]1C2. The number of nitrogens with zero attached hydrogens (tertiary/aromatic N) is 2. The lowest BCUT2D eigenvalue weighted by Gasteiger charge is -2.28. The predicted molar refractivity (Wildman–Crippen MR) is 74.1 cm³/mol. The molecule has 1 N–H and O–H groups in total. The summed E-state index contributed by atoms with van der Waals surface area (Å²) in [5, 5.41) is 6.52. The minimum Gasteiger partial charge on any atom is -0.348 e. The van der Waals surface area contributed by atoms with Crippen molar-refractivity contribution in [2.45, 2.75) is 44.8 Å². The van der Waals surface area contributed by atoms with Gasteiger partial charge in [-0.2, -0.15) is 18.3 Å². The highest BCUT2D eigenvalue weighted by Gasteiger charge is 2.42. The summed E-state index contributed by atoms with van der Waals surface area (Å²) in [6.45, 7) is 1.94. The molecule has 2 bridgehead atoms. The fourth-order valence-corrected chi connectivity index (χ4v) is 4.14. The molecule has 122 valence electrons. The molecule has 7 heteroatoms. The summed E-state index contributed by atoms with van der Waals surface area (Å²) >= 11 is 0. The standard InChI is InChI=1S/C15H20F3N3O/c1-8(11-6-9-3-4-10(11)5-9)19-14(22)12-7-13(15(16,17)18)21(2)20-12/h7-11H,3-6H2,1-2H3,(H,19,22)/t8-,9-,10-,11-/m1/s1. The van der Waals surface area contributed by atoms with Crippen molar-refractivity contribution in [2.75, 3.05) is 0 Å². The van der Waals surface area contributed by atoms with Crippen molar-refractivity contribution in [3.05, 3.63) is 17.5 Å². The summed E-state index contributed by atoms with van der Waals surface area (Å²) in [7, 11) is 1.19. The van der Waals surface area contributed by atoms with Gasteiger partial charge in [-0.3, -0.25) is 9.48 Å². The predicted octanol–water partition coefficient (Wildman–Crippen LogP) is 2.99. The van der Waals surface area contributed by atoms with Crippen LogP contribution in [0.25, 0.3) is 0 Å². The van der Waals surface area contributed by atoms with Gasteiger partial charge in [-0.05, 0) is 43.9 Å². The molecule has 1 aromatic heterocycles. The Labute approximate surface area is 127 Å². The summed E-state index contributed by atoms with van der Waals surface area (Å²) in [4.78, 5) is 12.2. The van der Waals surface area contributed by atoms with Gasteiger partial charge in [0.25, 0.3) is 5.91 Å². The first-order valence-corrected chi connectivity index (χ1v) is 7.68. The Kier molecular flexibility index (Phi) is 3.69. The summed E-state index contributed by atoms with van der Waals surface area (Å²) in [5.41, 5.74) is -1.09. The number of aromatic nitrogens is 2. The van der Waals surface area contributed by atoms with Gasteiger partial charge >= 0.3 is 6.18 Å². The van der Waals surface area contributed by atoms with Crippen LogP contribution >= 0.6 is 0 Å². The highest BCUT2D eigenvalue weighted by atomic mass is 19.4. The molecule has 4 atom stereocenters. The maximum absolute atomic E-state index is 12.7. The number of carbonyl (C=O) groups excluding carboxylic acids is 1. The second kappa shape index (κ2) is 5.28. The van der Waals surface area contributed by atoms with Gasteiger partial charge in [-0.25, -0.2) is 0 Å². The maximum Gasteiger partial charge on any atom is 0.433 e. The molecule has 2 aliphatic rings. The van der Waals surface area contributed by atoms with Crippen molar-refractivity contribution in [2.24, 2.45) is 24.8 Å². The summed E-state index contributed by atoms with van der Waals surface area (Å²) in [5.74, 6) is 1.32. The van der Waals surface area contributed by atoms with Crippen LogP contribution in [-0.2, 0) is 13.2 Å². The van der Waals surface area contributed by atoms with Gasteiger partial charge in [0.2, 0.25) is 0 Å². The maximum atomic E-state index is 12.7. The number of carbonyl (C=O) groups is 1. The van der Waals surface area contributed by atoms with E-state index in [0.29, 0.717) is 16.5 Å². The molecule has 2 saturated carbocycles. The van der Waals surface area contributed by atoms with E-state index in [9.17, 15) is 18.0 Å². The normalized spacial score (nSPS) is 28.9. The van der Waals surface area contributed by atoms with Gasteiger partial charge in [0.05, 0.1) is 0 Å². The Hall–Kier alpha value is -1.53. The molecule has 22 heavy (non-hydrogen) atoms. The third-order valence-electron chi connectivity index (χ3n) is 5.20. The molecule has 4 nitrogen and oxygen atoms in total. The van der Waals surface area contributed by atoms with Crippen molar-refractivity contribution in [1.29, 1.82) is 0 Å². The van der Waals surface area contributed by atoms with Crippen LogP contribution in [0, 0.1) is 17.8 Å². The van der Waals surface area contributed by atoms with E-state index in [1.165, 1.54) is 26.3 Å². The van der Waals surface area contributed by atoms with Crippen LogP contribution in [0.15, 0.2) is 6.07 Å². The van der Waals surface area contributed by atoms with Crippen molar-refractivity contribution >= 4 is 5.91 Å². The number of alkyl halides is 3. The first-order chi connectivity index (χ1) is 10.3. The molecule has 0 saturated heterocycles. The molecule has 1 aromatic rings. The monoisotopic (exact) mass is 315 g/mol.